The summed E-state index contributed by atoms with van der Waals surface area (Å²) in [4.78, 5) is 12.4. The summed E-state index contributed by atoms with van der Waals surface area (Å²) < 4.78 is 12.5. The first-order valence-corrected chi connectivity index (χ1v) is 8.97. The number of benzene rings is 1. The van der Waals surface area contributed by atoms with Crippen LogP contribution in [0.3, 0.4) is 0 Å². The summed E-state index contributed by atoms with van der Waals surface area (Å²) >= 11 is 1.35. The van der Waals surface area contributed by atoms with E-state index in [0.29, 0.717) is 23.3 Å². The Morgan fingerprint density at radius 1 is 1.31 bits per heavy atom. The third-order valence-corrected chi connectivity index (χ3v) is 5.01. The van der Waals surface area contributed by atoms with Gasteiger partial charge >= 0.3 is 0 Å². The number of carbonyl (C=O) groups is 1. The molecule has 1 amide bonds. The van der Waals surface area contributed by atoms with E-state index in [0.717, 1.165) is 11.3 Å². The second-order valence-electron chi connectivity index (χ2n) is 5.63. The van der Waals surface area contributed by atoms with E-state index in [1.165, 1.54) is 11.8 Å². The Morgan fingerprint density at radius 3 is 2.85 bits per heavy atom. The van der Waals surface area contributed by atoms with Gasteiger partial charge in [-0.05, 0) is 25.1 Å². The Morgan fingerprint density at radius 2 is 2.12 bits per heavy atom. The topological polar surface area (TPSA) is 82.2 Å². The molecule has 0 bridgehead atoms. The molecule has 0 aliphatic heterocycles. The van der Waals surface area contributed by atoms with Crippen LogP contribution in [0.5, 0.6) is 5.75 Å². The molecular weight excluding hydrogens is 352 g/mol. The zero-order valence-corrected chi connectivity index (χ0v) is 15.6. The Balaban J connectivity index is 1.61. The van der Waals surface area contributed by atoms with Gasteiger partial charge in [0, 0.05) is 19.2 Å². The van der Waals surface area contributed by atoms with Crippen LogP contribution in [0, 0.1) is 0 Å². The second-order valence-corrected chi connectivity index (χ2v) is 6.94. The first-order chi connectivity index (χ1) is 12.6. The maximum absolute atomic E-state index is 12.4. The lowest BCUT2D eigenvalue weighted by Gasteiger charge is -2.13. The zero-order valence-electron chi connectivity index (χ0n) is 14.8. The van der Waals surface area contributed by atoms with Gasteiger partial charge in [0.15, 0.2) is 16.7 Å². The predicted octanol–water partition coefficient (Wildman–Crippen LogP) is 2.88. The van der Waals surface area contributed by atoms with Gasteiger partial charge < -0.3 is 19.0 Å². The van der Waals surface area contributed by atoms with Crippen molar-refractivity contribution in [2.24, 2.45) is 7.05 Å². The van der Waals surface area contributed by atoms with Crippen LogP contribution in [0.15, 0.2) is 52.2 Å². The van der Waals surface area contributed by atoms with Crippen molar-refractivity contribution in [1.82, 2.24) is 20.1 Å². The van der Waals surface area contributed by atoms with E-state index < -0.39 is 0 Å². The second kappa shape index (κ2) is 8.09. The smallest absolute Gasteiger partial charge is 0.233 e. The molecule has 0 radical (unpaired) electrons. The number of thioether (sulfide) groups is 1. The number of amides is 1. The number of furan rings is 1. The molecule has 1 N–H and O–H groups in total. The van der Waals surface area contributed by atoms with Crippen LogP contribution < -0.4 is 10.1 Å². The van der Waals surface area contributed by atoms with Crippen LogP contribution in [0.1, 0.15) is 12.5 Å². The average molecular weight is 372 g/mol. The van der Waals surface area contributed by atoms with Crippen molar-refractivity contribution in [2.45, 2.75) is 23.9 Å². The van der Waals surface area contributed by atoms with E-state index in [-0.39, 0.29) is 11.2 Å². The Kier molecular flexibility index (Phi) is 5.62. The van der Waals surface area contributed by atoms with Crippen LogP contribution in [0.4, 0.5) is 0 Å². The number of nitrogens with zero attached hydrogens (tertiary/aromatic N) is 3. The number of nitrogens with one attached hydrogen (secondary N) is 1. The van der Waals surface area contributed by atoms with Gasteiger partial charge in [-0.1, -0.05) is 30.0 Å². The van der Waals surface area contributed by atoms with Crippen LogP contribution >= 0.6 is 11.8 Å². The lowest BCUT2D eigenvalue weighted by molar-refractivity contribution is -0.120. The number of ether oxygens (including phenoxy) is 1. The fourth-order valence-electron chi connectivity index (χ4n) is 2.42. The normalized spacial score (nSPS) is 12.0. The largest absolute Gasteiger partial charge is 0.496 e. The molecular formula is C18H20N4O3S. The Bertz CT molecular complexity index is 876. The van der Waals surface area contributed by atoms with E-state index in [4.69, 9.17) is 9.15 Å². The van der Waals surface area contributed by atoms with Gasteiger partial charge in [0.1, 0.15) is 5.75 Å². The highest BCUT2D eigenvalue weighted by Crippen LogP contribution is 2.26. The highest BCUT2D eigenvalue weighted by atomic mass is 32.2. The summed E-state index contributed by atoms with van der Waals surface area (Å²) in [5.41, 5.74) is 0.930. The third-order valence-electron chi connectivity index (χ3n) is 3.87. The SMILES string of the molecule is COc1ccccc1CNC(=O)[C@H](C)Sc1nnc(-c2ccco2)n1C. The molecule has 0 fully saturated rings. The molecule has 2 heterocycles. The molecule has 0 spiro atoms. The van der Waals surface area contributed by atoms with Gasteiger partial charge in [0.05, 0.1) is 18.6 Å². The first-order valence-electron chi connectivity index (χ1n) is 8.09. The van der Waals surface area contributed by atoms with Crippen LogP contribution in [0.2, 0.25) is 0 Å². The number of para-hydroxylation sites is 1. The predicted molar refractivity (Wildman–Crippen MR) is 98.9 cm³/mol. The molecule has 26 heavy (non-hydrogen) atoms. The van der Waals surface area contributed by atoms with Gasteiger partial charge in [-0.3, -0.25) is 4.79 Å². The summed E-state index contributed by atoms with van der Waals surface area (Å²) in [6.07, 6.45) is 1.59. The molecule has 1 atom stereocenters. The van der Waals surface area contributed by atoms with Gasteiger partial charge in [0.2, 0.25) is 5.91 Å². The van der Waals surface area contributed by atoms with Crippen molar-refractivity contribution in [1.29, 1.82) is 0 Å². The van der Waals surface area contributed by atoms with Crippen molar-refractivity contribution in [3.8, 4) is 17.3 Å². The molecule has 3 rings (SSSR count). The van der Waals surface area contributed by atoms with E-state index >= 15 is 0 Å². The standard InChI is InChI=1S/C18H20N4O3S/c1-12(17(23)19-11-13-7-4-5-8-14(13)24-3)26-18-21-20-16(22(18)2)15-9-6-10-25-15/h4-10,12H,11H2,1-3H3,(H,19,23)/t12-/m0/s1. The number of methoxy groups -OCH3 is 1. The van der Waals surface area contributed by atoms with E-state index in [1.54, 1.807) is 19.4 Å². The zero-order chi connectivity index (χ0) is 18.5. The summed E-state index contributed by atoms with van der Waals surface area (Å²) in [5, 5.41) is 11.6. The maximum atomic E-state index is 12.4. The third kappa shape index (κ3) is 3.91. The fourth-order valence-corrected chi connectivity index (χ4v) is 3.26. The summed E-state index contributed by atoms with van der Waals surface area (Å²) in [6, 6.07) is 11.2. The fraction of sp³-hybridized carbons (Fsp3) is 0.278. The lowest BCUT2D eigenvalue weighted by atomic mass is 10.2. The molecule has 136 valence electrons. The quantitative estimate of drug-likeness (QED) is 0.642. The molecule has 0 unspecified atom stereocenters. The van der Waals surface area contributed by atoms with Gasteiger partial charge in [0.25, 0.3) is 0 Å². The van der Waals surface area contributed by atoms with Crippen LogP contribution in [-0.4, -0.2) is 33.0 Å². The summed E-state index contributed by atoms with van der Waals surface area (Å²) in [5.74, 6) is 1.94. The monoisotopic (exact) mass is 372 g/mol. The van der Waals surface area contributed by atoms with Crippen molar-refractivity contribution < 1.29 is 13.9 Å². The molecule has 8 heteroatoms. The molecule has 3 aromatic rings. The molecule has 0 aliphatic rings. The molecule has 0 saturated carbocycles. The van der Waals surface area contributed by atoms with Crippen molar-refractivity contribution >= 4 is 17.7 Å². The molecule has 7 nitrogen and oxygen atoms in total. The van der Waals surface area contributed by atoms with Gasteiger partial charge in [-0.2, -0.15) is 0 Å². The van der Waals surface area contributed by atoms with Gasteiger partial charge in [-0.15, -0.1) is 10.2 Å². The Labute approximate surface area is 155 Å². The molecule has 2 aromatic heterocycles. The average Bonchev–Trinajstić information content (AvgIpc) is 3.30. The highest BCUT2D eigenvalue weighted by Gasteiger charge is 2.20. The lowest BCUT2D eigenvalue weighted by Crippen LogP contribution is -2.30. The van der Waals surface area contributed by atoms with E-state index in [9.17, 15) is 4.79 Å². The molecule has 0 aliphatic carbocycles. The van der Waals surface area contributed by atoms with Crippen molar-refractivity contribution in [3.05, 3.63) is 48.2 Å². The molecule has 0 saturated heterocycles. The number of aromatic nitrogens is 3. The minimum atomic E-state index is -0.322. The summed E-state index contributed by atoms with van der Waals surface area (Å²) in [6.45, 7) is 2.24. The number of carbonyl (C=O) groups excluding carboxylic acids is 1. The van der Waals surface area contributed by atoms with Crippen LogP contribution in [0.25, 0.3) is 11.6 Å². The maximum Gasteiger partial charge on any atom is 0.233 e. The first kappa shape index (κ1) is 18.1. The minimum Gasteiger partial charge on any atom is -0.496 e. The van der Waals surface area contributed by atoms with E-state index in [2.05, 4.69) is 15.5 Å². The van der Waals surface area contributed by atoms with E-state index in [1.807, 2.05) is 48.9 Å². The Hall–Kier alpha value is -2.74. The minimum absolute atomic E-state index is 0.0801. The van der Waals surface area contributed by atoms with Gasteiger partial charge in [-0.25, -0.2) is 0 Å². The van der Waals surface area contributed by atoms with Crippen molar-refractivity contribution in [2.75, 3.05) is 7.11 Å². The van der Waals surface area contributed by atoms with Crippen molar-refractivity contribution in [3.63, 3.8) is 0 Å². The highest BCUT2D eigenvalue weighted by molar-refractivity contribution is 8.00. The number of hydrogen-bond donors (Lipinski definition) is 1. The molecule has 1 aromatic carbocycles. The van der Waals surface area contributed by atoms with Crippen LogP contribution in [-0.2, 0) is 18.4 Å². The number of rotatable bonds is 7. The number of hydrogen-bond acceptors (Lipinski definition) is 6. The summed E-state index contributed by atoms with van der Waals surface area (Å²) in [7, 11) is 3.46.